The molecule has 0 spiro atoms. The van der Waals surface area contributed by atoms with E-state index < -0.39 is 0 Å². The standard InChI is InChI=1S/C30H37ClN2/c1-6-9-10-12-21(4)23(7-2)15-16-24(8-3)25-13-11-14-26(18-17-25)30-32-28-19-22(5)27(31)20-29(28)33-30/h15-21H,6-10,12,14H2,1-5H3,(H,32,33)/b23-15+,24-16+. The van der Waals surface area contributed by atoms with Gasteiger partial charge in [-0.05, 0) is 61.4 Å². The fourth-order valence-electron chi connectivity index (χ4n) is 4.28. The normalized spacial score (nSPS) is 15.6. The first-order valence-electron chi connectivity index (χ1n) is 12.4. The average molecular weight is 461 g/mol. The lowest BCUT2D eigenvalue weighted by molar-refractivity contribution is 0.543. The molecule has 2 nitrogen and oxygen atoms in total. The van der Waals surface area contributed by atoms with Gasteiger partial charge in [0.2, 0.25) is 0 Å². The van der Waals surface area contributed by atoms with Gasteiger partial charge in [0.25, 0.3) is 0 Å². The van der Waals surface area contributed by atoms with Crippen LogP contribution in [0.15, 0.2) is 53.2 Å². The van der Waals surface area contributed by atoms with E-state index in [1.165, 1.54) is 36.8 Å². The molecule has 1 aromatic heterocycles. The zero-order valence-electron chi connectivity index (χ0n) is 20.8. The molecular weight excluding hydrogens is 424 g/mol. The molecular formula is C30H37ClN2. The number of halogens is 1. The van der Waals surface area contributed by atoms with Crippen LogP contribution in [0.1, 0.15) is 84.0 Å². The minimum atomic E-state index is 0.641. The second-order valence-electron chi connectivity index (χ2n) is 8.99. The summed E-state index contributed by atoms with van der Waals surface area (Å²) in [6, 6.07) is 3.98. The van der Waals surface area contributed by atoms with E-state index in [-0.39, 0.29) is 0 Å². The molecule has 1 aromatic carbocycles. The van der Waals surface area contributed by atoms with Crippen LogP contribution in [0.2, 0.25) is 5.02 Å². The number of rotatable bonds is 10. The van der Waals surface area contributed by atoms with Gasteiger partial charge in [-0.3, -0.25) is 0 Å². The van der Waals surface area contributed by atoms with Crippen molar-refractivity contribution in [1.82, 2.24) is 9.97 Å². The lowest BCUT2D eigenvalue weighted by Gasteiger charge is -2.14. The summed E-state index contributed by atoms with van der Waals surface area (Å²) in [4.78, 5) is 8.20. The number of aryl methyl sites for hydroxylation is 1. The summed E-state index contributed by atoms with van der Waals surface area (Å²) in [5.74, 6) is 8.26. The van der Waals surface area contributed by atoms with Gasteiger partial charge in [0.15, 0.2) is 0 Å². The van der Waals surface area contributed by atoms with Crippen LogP contribution in [0.4, 0.5) is 0 Å². The number of hydrogen-bond acceptors (Lipinski definition) is 1. The molecule has 1 heterocycles. The number of aromatic nitrogens is 2. The first-order valence-corrected chi connectivity index (χ1v) is 12.8. The largest absolute Gasteiger partial charge is 0.338 e. The van der Waals surface area contributed by atoms with E-state index in [0.29, 0.717) is 12.3 Å². The van der Waals surface area contributed by atoms with Crippen molar-refractivity contribution in [3.8, 4) is 11.8 Å². The minimum absolute atomic E-state index is 0.641. The van der Waals surface area contributed by atoms with Crippen LogP contribution < -0.4 is 0 Å². The Labute approximate surface area is 204 Å². The summed E-state index contributed by atoms with van der Waals surface area (Å²) in [6.07, 6.45) is 16.9. The quantitative estimate of drug-likeness (QED) is 0.213. The molecule has 0 bridgehead atoms. The number of allylic oxidation sites excluding steroid dienone is 8. The molecule has 2 aromatic rings. The number of aromatic amines is 1. The Hall–Kier alpha value is -2.50. The third-order valence-corrected chi connectivity index (χ3v) is 6.93. The Balaban J connectivity index is 1.83. The molecule has 33 heavy (non-hydrogen) atoms. The number of H-pyrrole nitrogens is 1. The Bertz CT molecular complexity index is 1120. The number of fused-ring (bicyclic) bond motifs is 1. The first kappa shape index (κ1) is 25.1. The molecule has 0 saturated carbocycles. The Morgan fingerprint density at radius 1 is 1.15 bits per heavy atom. The summed E-state index contributed by atoms with van der Waals surface area (Å²) in [5.41, 5.74) is 7.98. The number of benzene rings is 1. The number of imidazole rings is 1. The van der Waals surface area contributed by atoms with Crippen LogP contribution in [-0.2, 0) is 0 Å². The fourth-order valence-corrected chi connectivity index (χ4v) is 4.44. The van der Waals surface area contributed by atoms with Crippen molar-refractivity contribution in [1.29, 1.82) is 0 Å². The number of hydrogen-bond donors (Lipinski definition) is 1. The molecule has 0 aliphatic heterocycles. The lowest BCUT2D eigenvalue weighted by Crippen LogP contribution is -1.99. The van der Waals surface area contributed by atoms with Crippen molar-refractivity contribution in [2.75, 3.05) is 0 Å². The highest BCUT2D eigenvalue weighted by atomic mass is 35.5. The van der Waals surface area contributed by atoms with Crippen molar-refractivity contribution >= 4 is 28.2 Å². The Morgan fingerprint density at radius 2 is 1.97 bits per heavy atom. The van der Waals surface area contributed by atoms with Gasteiger partial charge < -0.3 is 4.98 Å². The van der Waals surface area contributed by atoms with Crippen molar-refractivity contribution in [2.24, 2.45) is 5.92 Å². The molecule has 0 radical (unpaired) electrons. The van der Waals surface area contributed by atoms with E-state index in [4.69, 9.17) is 16.6 Å². The molecule has 1 atom stereocenters. The van der Waals surface area contributed by atoms with Crippen LogP contribution in [0.5, 0.6) is 0 Å². The van der Waals surface area contributed by atoms with Crippen molar-refractivity contribution in [2.45, 2.75) is 79.6 Å². The van der Waals surface area contributed by atoms with E-state index >= 15 is 0 Å². The summed E-state index contributed by atoms with van der Waals surface area (Å²) in [5, 5.41) is 0.745. The predicted octanol–water partition coefficient (Wildman–Crippen LogP) is 9.13. The van der Waals surface area contributed by atoms with Crippen LogP contribution in [0, 0.1) is 24.7 Å². The maximum atomic E-state index is 6.28. The van der Waals surface area contributed by atoms with E-state index in [0.717, 1.165) is 51.4 Å². The molecule has 3 rings (SSSR count). The van der Waals surface area contributed by atoms with Crippen LogP contribution in [0.3, 0.4) is 0 Å². The maximum absolute atomic E-state index is 6.28. The van der Waals surface area contributed by atoms with Gasteiger partial charge in [0, 0.05) is 22.6 Å². The molecule has 3 heteroatoms. The van der Waals surface area contributed by atoms with Gasteiger partial charge in [-0.25, -0.2) is 4.98 Å². The van der Waals surface area contributed by atoms with Crippen molar-refractivity contribution in [3.05, 3.63) is 69.6 Å². The number of unbranched alkanes of at least 4 members (excludes halogenated alkanes) is 2. The maximum Gasteiger partial charge on any atom is 0.135 e. The smallest absolute Gasteiger partial charge is 0.135 e. The summed E-state index contributed by atoms with van der Waals surface area (Å²) < 4.78 is 0. The predicted molar refractivity (Wildman–Crippen MR) is 144 cm³/mol. The van der Waals surface area contributed by atoms with Crippen molar-refractivity contribution < 1.29 is 0 Å². The average Bonchev–Trinajstić information content (AvgIpc) is 3.04. The second-order valence-corrected chi connectivity index (χ2v) is 9.40. The van der Waals surface area contributed by atoms with E-state index in [1.54, 1.807) is 0 Å². The van der Waals surface area contributed by atoms with Crippen LogP contribution >= 0.6 is 11.6 Å². The van der Waals surface area contributed by atoms with E-state index in [2.05, 4.69) is 74.9 Å². The third-order valence-electron chi connectivity index (χ3n) is 6.53. The van der Waals surface area contributed by atoms with Gasteiger partial charge in [-0.15, -0.1) is 0 Å². The number of nitrogens with one attached hydrogen (secondary N) is 1. The zero-order valence-corrected chi connectivity index (χ0v) is 21.6. The molecule has 0 saturated heterocycles. The molecule has 0 amide bonds. The van der Waals surface area contributed by atoms with Gasteiger partial charge in [0.05, 0.1) is 11.0 Å². The highest BCUT2D eigenvalue weighted by Crippen LogP contribution is 2.27. The SMILES string of the molecule is CCCCCC(C)/C(=C/C=C(\CC)C1=CC=C(c2nc3cc(Cl)c(C)cc3[nH]2)CC#C1)CC. The monoisotopic (exact) mass is 460 g/mol. The lowest BCUT2D eigenvalue weighted by atomic mass is 9.92. The topological polar surface area (TPSA) is 28.7 Å². The molecule has 1 unspecified atom stereocenters. The van der Waals surface area contributed by atoms with Crippen LogP contribution in [0.25, 0.3) is 16.6 Å². The Kier molecular flexibility index (Phi) is 9.21. The van der Waals surface area contributed by atoms with Gasteiger partial charge in [-0.2, -0.15) is 0 Å². The van der Waals surface area contributed by atoms with Gasteiger partial charge in [0.1, 0.15) is 5.82 Å². The summed E-state index contributed by atoms with van der Waals surface area (Å²) >= 11 is 6.28. The van der Waals surface area contributed by atoms with Crippen molar-refractivity contribution in [3.63, 3.8) is 0 Å². The summed E-state index contributed by atoms with van der Waals surface area (Å²) in [7, 11) is 0. The molecule has 174 valence electrons. The number of nitrogens with zero attached hydrogens (tertiary/aromatic N) is 1. The van der Waals surface area contributed by atoms with Crippen LogP contribution in [-0.4, -0.2) is 9.97 Å². The second kappa shape index (κ2) is 12.1. The molecule has 1 aliphatic carbocycles. The van der Waals surface area contributed by atoms with E-state index in [9.17, 15) is 0 Å². The molecule has 1 aliphatic rings. The summed E-state index contributed by atoms with van der Waals surface area (Å²) in [6.45, 7) is 11.1. The van der Waals surface area contributed by atoms with E-state index in [1.807, 2.05) is 13.0 Å². The zero-order chi connectivity index (χ0) is 23.8. The van der Waals surface area contributed by atoms with Gasteiger partial charge in [-0.1, -0.05) is 94.2 Å². The highest BCUT2D eigenvalue weighted by Gasteiger charge is 2.11. The van der Waals surface area contributed by atoms with Gasteiger partial charge >= 0.3 is 0 Å². The third kappa shape index (κ3) is 6.52. The fraction of sp³-hybridized carbons (Fsp3) is 0.433. The minimum Gasteiger partial charge on any atom is -0.338 e. The molecule has 1 N–H and O–H groups in total. The Morgan fingerprint density at radius 3 is 2.70 bits per heavy atom. The molecule has 0 fully saturated rings. The highest BCUT2D eigenvalue weighted by molar-refractivity contribution is 6.32. The first-order chi connectivity index (χ1) is 16.0.